The van der Waals surface area contributed by atoms with Crippen molar-refractivity contribution < 1.29 is 39.6 Å². The Kier molecular flexibility index (Phi) is 6.26. The molecule has 0 spiro atoms. The summed E-state index contributed by atoms with van der Waals surface area (Å²) >= 11 is 0. The van der Waals surface area contributed by atoms with Gasteiger partial charge in [0, 0.05) is 4.92 Å². The molecule has 0 radical (unpaired) electrons. The van der Waals surface area contributed by atoms with Crippen molar-refractivity contribution in [3.8, 4) is 0 Å². The highest BCUT2D eigenvalue weighted by atomic mass is 16.6. The van der Waals surface area contributed by atoms with Gasteiger partial charge < -0.3 is 29.9 Å². The molecule has 2 rings (SSSR count). The molecule has 10 heteroatoms. The van der Waals surface area contributed by atoms with E-state index in [0.29, 0.717) is 5.56 Å². The van der Waals surface area contributed by atoms with Crippen molar-refractivity contribution in [1.82, 2.24) is 0 Å². The molecular formula is C16H21NO9. The molecule has 1 aromatic carbocycles. The molecule has 0 aromatic heterocycles. The summed E-state index contributed by atoms with van der Waals surface area (Å²) in [5.41, 5.74) is -2.45. The van der Waals surface area contributed by atoms with Gasteiger partial charge in [0.15, 0.2) is 12.2 Å². The second-order valence-corrected chi connectivity index (χ2v) is 5.94. The van der Waals surface area contributed by atoms with Crippen molar-refractivity contribution in [1.29, 1.82) is 0 Å². The van der Waals surface area contributed by atoms with Crippen molar-refractivity contribution in [2.75, 3.05) is 6.61 Å². The molecule has 4 N–H and O–H groups in total. The predicted octanol–water partition coefficient (Wildman–Crippen LogP) is -1.39. The van der Waals surface area contributed by atoms with Crippen LogP contribution in [0.5, 0.6) is 0 Å². The first-order chi connectivity index (χ1) is 12.3. The lowest BCUT2D eigenvalue weighted by Crippen LogP contribution is -2.77. The van der Waals surface area contributed by atoms with Crippen molar-refractivity contribution in [3.05, 3.63) is 46.0 Å². The summed E-state index contributed by atoms with van der Waals surface area (Å²) in [7, 11) is 0. The molecule has 6 atom stereocenters. The fourth-order valence-corrected chi connectivity index (χ4v) is 3.00. The van der Waals surface area contributed by atoms with Crippen LogP contribution in [0, 0.1) is 10.1 Å². The third-order valence-corrected chi connectivity index (χ3v) is 4.41. The van der Waals surface area contributed by atoms with Crippen LogP contribution in [0.1, 0.15) is 12.5 Å². The zero-order valence-corrected chi connectivity index (χ0v) is 14.0. The van der Waals surface area contributed by atoms with E-state index < -0.39 is 47.0 Å². The van der Waals surface area contributed by atoms with Gasteiger partial charge in [0.2, 0.25) is 0 Å². The van der Waals surface area contributed by atoms with Gasteiger partial charge in [-0.15, -0.1) is 0 Å². The number of ether oxygens (including phenoxy) is 2. The molecule has 144 valence electrons. The Hall–Kier alpha value is -2.11. The molecule has 1 aliphatic carbocycles. The maximum Gasteiger partial charge on any atom is 0.390 e. The third-order valence-electron chi connectivity index (χ3n) is 4.41. The van der Waals surface area contributed by atoms with Crippen LogP contribution in [0.3, 0.4) is 0 Å². The molecule has 0 heterocycles. The minimum absolute atomic E-state index is 0.0933. The van der Waals surface area contributed by atoms with E-state index >= 15 is 0 Å². The van der Waals surface area contributed by atoms with Crippen molar-refractivity contribution >= 4 is 5.97 Å². The van der Waals surface area contributed by atoms with Gasteiger partial charge in [-0.25, -0.2) is 4.79 Å². The second-order valence-electron chi connectivity index (χ2n) is 5.94. The van der Waals surface area contributed by atoms with E-state index in [0.717, 1.165) is 0 Å². The standard InChI is InChI=1S/C16H21NO9/c1-2-25-15(22)16(17(23)24)13(20)10(18)12(11(19)14(16)21)26-8-9-6-4-3-5-7-9/h3-7,10-14,18-21H,2,8H2,1H3/t10-,11+,12?,13-,14-,16?/m1/s1. The van der Waals surface area contributed by atoms with Crippen LogP contribution in [0.2, 0.25) is 0 Å². The monoisotopic (exact) mass is 371 g/mol. The lowest BCUT2D eigenvalue weighted by atomic mass is 9.72. The summed E-state index contributed by atoms with van der Waals surface area (Å²) in [6, 6.07) is 8.64. The molecule has 0 bridgehead atoms. The van der Waals surface area contributed by atoms with Gasteiger partial charge in [-0.2, -0.15) is 0 Å². The summed E-state index contributed by atoms with van der Waals surface area (Å²) in [4.78, 5) is 22.4. The number of nitro groups is 1. The molecular weight excluding hydrogens is 350 g/mol. The molecule has 1 fully saturated rings. The maximum absolute atomic E-state index is 12.1. The quantitative estimate of drug-likeness (QED) is 0.268. The smallest absolute Gasteiger partial charge is 0.390 e. The van der Waals surface area contributed by atoms with Crippen LogP contribution in [0.4, 0.5) is 0 Å². The Labute approximate surface area is 148 Å². The molecule has 1 aromatic rings. The van der Waals surface area contributed by atoms with E-state index in [9.17, 15) is 35.3 Å². The molecule has 0 aliphatic heterocycles. The van der Waals surface area contributed by atoms with E-state index in [1.54, 1.807) is 30.3 Å². The van der Waals surface area contributed by atoms with E-state index in [2.05, 4.69) is 4.74 Å². The summed E-state index contributed by atoms with van der Waals surface area (Å²) in [6.07, 6.45) is -10.3. The maximum atomic E-state index is 12.1. The van der Waals surface area contributed by atoms with Crippen molar-refractivity contribution in [2.45, 2.75) is 49.6 Å². The van der Waals surface area contributed by atoms with Crippen LogP contribution in [-0.2, 0) is 20.9 Å². The zero-order chi connectivity index (χ0) is 19.5. The number of aliphatic hydroxyl groups is 4. The third kappa shape index (κ3) is 3.29. The highest BCUT2D eigenvalue weighted by Gasteiger charge is 2.73. The highest BCUT2D eigenvalue weighted by Crippen LogP contribution is 2.35. The topological polar surface area (TPSA) is 160 Å². The average Bonchev–Trinajstić information content (AvgIpc) is 2.61. The van der Waals surface area contributed by atoms with Crippen LogP contribution in [-0.4, -0.2) is 74.0 Å². The number of benzene rings is 1. The number of carbonyl (C=O) groups is 1. The average molecular weight is 371 g/mol. The lowest BCUT2D eigenvalue weighted by Gasteiger charge is -2.44. The highest BCUT2D eigenvalue weighted by molar-refractivity contribution is 5.81. The van der Waals surface area contributed by atoms with Crippen LogP contribution in [0.15, 0.2) is 30.3 Å². The first kappa shape index (κ1) is 20.2. The second kappa shape index (κ2) is 8.06. The number of carbonyl (C=O) groups excluding carboxylic acids is 1. The molecule has 0 saturated heterocycles. The van der Waals surface area contributed by atoms with Crippen LogP contribution >= 0.6 is 0 Å². The van der Waals surface area contributed by atoms with Gasteiger partial charge in [0.1, 0.15) is 18.3 Å². The first-order valence-electron chi connectivity index (χ1n) is 7.97. The predicted molar refractivity (Wildman–Crippen MR) is 85.4 cm³/mol. The van der Waals surface area contributed by atoms with Gasteiger partial charge in [0.05, 0.1) is 13.2 Å². The SMILES string of the molecule is CCOC(=O)C1([N+](=O)[O-])[C@H](O)[C@H](O)C(OCc2ccccc2)[C@H](O)[C@H]1O. The lowest BCUT2D eigenvalue weighted by molar-refractivity contribution is -0.592. The molecule has 10 nitrogen and oxygen atoms in total. The molecule has 1 saturated carbocycles. The minimum Gasteiger partial charge on any atom is -0.461 e. The van der Waals surface area contributed by atoms with Gasteiger partial charge >= 0.3 is 11.5 Å². The van der Waals surface area contributed by atoms with Crippen LogP contribution < -0.4 is 0 Å². The van der Waals surface area contributed by atoms with E-state index in [-0.39, 0.29) is 13.2 Å². The Morgan fingerprint density at radius 1 is 1.15 bits per heavy atom. The minimum atomic E-state index is -3.12. The number of hydrogen-bond acceptors (Lipinski definition) is 9. The molecule has 0 amide bonds. The fraction of sp³-hybridized carbons (Fsp3) is 0.562. The van der Waals surface area contributed by atoms with E-state index in [4.69, 9.17) is 4.74 Å². The Morgan fingerprint density at radius 3 is 2.15 bits per heavy atom. The zero-order valence-electron chi connectivity index (χ0n) is 14.0. The number of hydrogen-bond donors (Lipinski definition) is 4. The Bertz CT molecular complexity index is 622. The number of rotatable bonds is 6. The summed E-state index contributed by atoms with van der Waals surface area (Å²) in [5.74, 6) is -1.55. The molecule has 26 heavy (non-hydrogen) atoms. The first-order valence-corrected chi connectivity index (χ1v) is 7.97. The van der Waals surface area contributed by atoms with Crippen molar-refractivity contribution in [2.24, 2.45) is 0 Å². The normalized spacial score (nSPS) is 34.3. The number of esters is 1. The van der Waals surface area contributed by atoms with Gasteiger partial charge in [-0.05, 0) is 12.5 Å². The Balaban J connectivity index is 2.28. The van der Waals surface area contributed by atoms with E-state index in [1.165, 1.54) is 6.92 Å². The van der Waals surface area contributed by atoms with Gasteiger partial charge in [0.25, 0.3) is 0 Å². The van der Waals surface area contributed by atoms with Crippen molar-refractivity contribution in [3.63, 3.8) is 0 Å². The van der Waals surface area contributed by atoms with Gasteiger partial charge in [-0.1, -0.05) is 30.3 Å². The summed E-state index contributed by atoms with van der Waals surface area (Å²) in [6.45, 7) is 1.03. The van der Waals surface area contributed by atoms with Crippen LogP contribution in [0.25, 0.3) is 0 Å². The molecule has 1 aliphatic rings. The largest absolute Gasteiger partial charge is 0.461 e. The molecule has 2 unspecified atom stereocenters. The van der Waals surface area contributed by atoms with E-state index in [1.807, 2.05) is 0 Å². The number of aliphatic hydroxyl groups excluding tert-OH is 4. The summed E-state index contributed by atoms with van der Waals surface area (Å²) < 4.78 is 9.94. The van der Waals surface area contributed by atoms with Gasteiger partial charge in [-0.3, -0.25) is 10.1 Å². The summed E-state index contributed by atoms with van der Waals surface area (Å²) in [5, 5.41) is 52.5. The Morgan fingerprint density at radius 2 is 1.69 bits per heavy atom. The number of nitrogens with zero attached hydrogens (tertiary/aromatic N) is 1. The fourth-order valence-electron chi connectivity index (χ4n) is 3.00.